The number of H-pyrrole nitrogens is 1. The number of hydrogen-bond donors (Lipinski definition) is 3. The van der Waals surface area contributed by atoms with E-state index in [1.165, 1.54) is 6.92 Å². The van der Waals surface area contributed by atoms with E-state index in [1.807, 2.05) is 43.3 Å². The van der Waals surface area contributed by atoms with Crippen LogP contribution in [0.3, 0.4) is 0 Å². The summed E-state index contributed by atoms with van der Waals surface area (Å²) in [5.74, 6) is 1.69. The molecule has 1 amide bonds. The Bertz CT molecular complexity index is 1140. The second kappa shape index (κ2) is 7.40. The van der Waals surface area contributed by atoms with Gasteiger partial charge in [0.25, 0.3) is 0 Å². The van der Waals surface area contributed by atoms with Crippen LogP contribution < -0.4 is 15.4 Å². The summed E-state index contributed by atoms with van der Waals surface area (Å²) in [6, 6.07) is 18.7. The van der Waals surface area contributed by atoms with Gasteiger partial charge in [-0.05, 0) is 37.3 Å². The molecule has 0 aliphatic rings. The lowest BCUT2D eigenvalue weighted by atomic mass is 10.2. The Kier molecular flexibility index (Phi) is 4.63. The Balaban J connectivity index is 1.64. The molecule has 0 saturated heterocycles. The highest BCUT2D eigenvalue weighted by atomic mass is 16.5. The zero-order valence-electron chi connectivity index (χ0n) is 15.5. The lowest BCUT2D eigenvalue weighted by Gasteiger charge is -2.11. The highest BCUT2D eigenvalue weighted by Crippen LogP contribution is 2.31. The third kappa shape index (κ3) is 3.93. The molecule has 140 valence electrons. The van der Waals surface area contributed by atoms with Gasteiger partial charge in [-0.3, -0.25) is 9.89 Å². The zero-order chi connectivity index (χ0) is 19.5. The van der Waals surface area contributed by atoms with Gasteiger partial charge < -0.3 is 15.4 Å². The summed E-state index contributed by atoms with van der Waals surface area (Å²) in [4.78, 5) is 15.7. The van der Waals surface area contributed by atoms with Crippen LogP contribution in [0.25, 0.3) is 10.9 Å². The fourth-order valence-electron chi connectivity index (χ4n) is 2.86. The monoisotopic (exact) mass is 373 g/mol. The van der Waals surface area contributed by atoms with E-state index in [4.69, 9.17) is 4.74 Å². The molecule has 2 aromatic carbocycles. The molecule has 0 saturated carbocycles. The first-order chi connectivity index (χ1) is 13.6. The molecule has 2 heterocycles. The summed E-state index contributed by atoms with van der Waals surface area (Å²) in [7, 11) is 0. The van der Waals surface area contributed by atoms with Gasteiger partial charge in [0.2, 0.25) is 11.8 Å². The number of para-hydroxylation sites is 1. The van der Waals surface area contributed by atoms with Crippen molar-refractivity contribution in [2.24, 2.45) is 0 Å². The molecule has 7 nitrogen and oxygen atoms in total. The standard InChI is InChI=1S/C21H19N5O2/c1-13-11-20(26-25-13)23-19-12-21(24-18-6-4-3-5-17(18)19)28-16-9-7-15(8-10-16)22-14(2)27/h3-12H,1-2H3,(H,22,27)(H2,23,24,25,26). The van der Waals surface area contributed by atoms with Crippen molar-refractivity contribution in [1.29, 1.82) is 0 Å². The van der Waals surface area contributed by atoms with E-state index in [9.17, 15) is 4.79 Å². The fourth-order valence-corrected chi connectivity index (χ4v) is 2.86. The first-order valence-corrected chi connectivity index (χ1v) is 8.81. The van der Waals surface area contributed by atoms with Crippen molar-refractivity contribution in [2.45, 2.75) is 13.8 Å². The van der Waals surface area contributed by atoms with Crippen molar-refractivity contribution in [3.8, 4) is 11.6 Å². The number of nitrogens with one attached hydrogen (secondary N) is 3. The van der Waals surface area contributed by atoms with Gasteiger partial charge >= 0.3 is 0 Å². The Morgan fingerprint density at radius 3 is 2.57 bits per heavy atom. The Morgan fingerprint density at radius 2 is 1.86 bits per heavy atom. The molecule has 4 rings (SSSR count). The normalized spacial score (nSPS) is 10.6. The molecular weight excluding hydrogens is 354 g/mol. The Labute approximate surface area is 161 Å². The van der Waals surface area contributed by atoms with Crippen molar-refractivity contribution in [3.05, 3.63) is 66.4 Å². The number of carbonyl (C=O) groups excluding carboxylic acids is 1. The number of aromatic amines is 1. The van der Waals surface area contributed by atoms with Gasteiger partial charge in [0.15, 0.2) is 5.82 Å². The SMILES string of the molecule is CC(=O)Nc1ccc(Oc2cc(Nc3cc(C)[nH]n3)c3ccccc3n2)cc1. The number of rotatable bonds is 5. The maximum Gasteiger partial charge on any atom is 0.221 e. The molecule has 0 fully saturated rings. The molecule has 0 bridgehead atoms. The number of pyridine rings is 1. The number of ether oxygens (including phenoxy) is 1. The maximum atomic E-state index is 11.1. The maximum absolute atomic E-state index is 11.1. The highest BCUT2D eigenvalue weighted by molar-refractivity contribution is 5.93. The number of anilines is 3. The molecule has 0 radical (unpaired) electrons. The highest BCUT2D eigenvalue weighted by Gasteiger charge is 2.09. The molecule has 0 atom stereocenters. The zero-order valence-corrected chi connectivity index (χ0v) is 15.5. The van der Waals surface area contributed by atoms with E-state index in [1.54, 1.807) is 24.3 Å². The molecule has 0 aliphatic heterocycles. The summed E-state index contributed by atoms with van der Waals surface area (Å²) < 4.78 is 5.94. The van der Waals surface area contributed by atoms with Crippen LogP contribution in [0, 0.1) is 6.92 Å². The van der Waals surface area contributed by atoms with Crippen molar-refractivity contribution in [1.82, 2.24) is 15.2 Å². The molecule has 0 spiro atoms. The van der Waals surface area contributed by atoms with E-state index < -0.39 is 0 Å². The van der Waals surface area contributed by atoms with E-state index in [-0.39, 0.29) is 5.91 Å². The smallest absolute Gasteiger partial charge is 0.221 e. The molecule has 2 aromatic heterocycles. The van der Waals surface area contributed by atoms with Crippen molar-refractivity contribution < 1.29 is 9.53 Å². The Morgan fingerprint density at radius 1 is 1.07 bits per heavy atom. The predicted molar refractivity (Wildman–Crippen MR) is 109 cm³/mol. The van der Waals surface area contributed by atoms with Crippen molar-refractivity contribution in [3.63, 3.8) is 0 Å². The number of carbonyl (C=O) groups is 1. The van der Waals surface area contributed by atoms with Gasteiger partial charge in [0, 0.05) is 35.8 Å². The van der Waals surface area contributed by atoms with Gasteiger partial charge in [-0.15, -0.1) is 0 Å². The molecule has 4 aromatic rings. The Hall–Kier alpha value is -3.87. The van der Waals surface area contributed by atoms with Crippen LogP contribution >= 0.6 is 0 Å². The van der Waals surface area contributed by atoms with Crippen LogP contribution in [0.5, 0.6) is 11.6 Å². The number of fused-ring (bicyclic) bond motifs is 1. The summed E-state index contributed by atoms with van der Waals surface area (Å²) in [5.41, 5.74) is 3.34. The minimum Gasteiger partial charge on any atom is -0.439 e. The van der Waals surface area contributed by atoms with Gasteiger partial charge in [0.05, 0.1) is 11.2 Å². The number of aryl methyl sites for hydroxylation is 1. The molecule has 0 aliphatic carbocycles. The van der Waals surface area contributed by atoms with Gasteiger partial charge in [0.1, 0.15) is 5.75 Å². The molecule has 7 heteroatoms. The van der Waals surface area contributed by atoms with Crippen LogP contribution in [0.1, 0.15) is 12.6 Å². The van der Waals surface area contributed by atoms with Crippen molar-refractivity contribution >= 4 is 34.0 Å². The number of aromatic nitrogens is 3. The number of amides is 1. The molecular formula is C21H19N5O2. The third-order valence-electron chi connectivity index (χ3n) is 4.06. The van der Waals surface area contributed by atoms with Crippen LogP contribution in [0.4, 0.5) is 17.2 Å². The van der Waals surface area contributed by atoms with Crippen LogP contribution in [0.2, 0.25) is 0 Å². The predicted octanol–water partition coefficient (Wildman–Crippen LogP) is 4.76. The fraction of sp³-hybridized carbons (Fsp3) is 0.0952. The lowest BCUT2D eigenvalue weighted by molar-refractivity contribution is -0.114. The summed E-state index contributed by atoms with van der Waals surface area (Å²) >= 11 is 0. The van der Waals surface area contributed by atoms with E-state index in [2.05, 4.69) is 25.8 Å². The summed E-state index contributed by atoms with van der Waals surface area (Å²) in [6.07, 6.45) is 0. The first-order valence-electron chi connectivity index (χ1n) is 8.81. The average molecular weight is 373 g/mol. The van der Waals surface area contributed by atoms with E-state index >= 15 is 0 Å². The van der Waals surface area contributed by atoms with Crippen LogP contribution in [-0.2, 0) is 4.79 Å². The quantitative estimate of drug-likeness (QED) is 0.469. The van der Waals surface area contributed by atoms with Crippen LogP contribution in [-0.4, -0.2) is 21.1 Å². The van der Waals surface area contributed by atoms with Gasteiger partial charge in [-0.2, -0.15) is 5.10 Å². The molecule has 0 unspecified atom stereocenters. The second-order valence-electron chi connectivity index (χ2n) is 6.39. The molecule has 28 heavy (non-hydrogen) atoms. The second-order valence-corrected chi connectivity index (χ2v) is 6.39. The van der Waals surface area contributed by atoms with E-state index in [0.29, 0.717) is 17.3 Å². The van der Waals surface area contributed by atoms with Gasteiger partial charge in [-0.25, -0.2) is 4.98 Å². The van der Waals surface area contributed by atoms with E-state index in [0.717, 1.165) is 28.1 Å². The van der Waals surface area contributed by atoms with Crippen molar-refractivity contribution in [2.75, 3.05) is 10.6 Å². The molecule has 3 N–H and O–H groups in total. The lowest BCUT2D eigenvalue weighted by Crippen LogP contribution is -2.05. The third-order valence-corrected chi connectivity index (χ3v) is 4.06. The van der Waals surface area contributed by atoms with Crippen LogP contribution in [0.15, 0.2) is 60.7 Å². The number of nitrogens with zero attached hydrogens (tertiary/aromatic N) is 2. The summed E-state index contributed by atoms with van der Waals surface area (Å²) in [5, 5.41) is 14.2. The largest absolute Gasteiger partial charge is 0.439 e. The number of benzene rings is 2. The van der Waals surface area contributed by atoms with Gasteiger partial charge in [-0.1, -0.05) is 18.2 Å². The number of hydrogen-bond acceptors (Lipinski definition) is 5. The summed E-state index contributed by atoms with van der Waals surface area (Å²) in [6.45, 7) is 3.42. The minimum atomic E-state index is -0.116. The minimum absolute atomic E-state index is 0.116. The topological polar surface area (TPSA) is 91.9 Å². The average Bonchev–Trinajstić information content (AvgIpc) is 3.08. The first kappa shape index (κ1) is 17.5.